The Kier molecular flexibility index (Phi) is 4.63. The van der Waals surface area contributed by atoms with E-state index in [2.05, 4.69) is 5.10 Å². The first kappa shape index (κ1) is 19.3. The zero-order valence-corrected chi connectivity index (χ0v) is 17.1. The lowest BCUT2D eigenvalue weighted by Crippen LogP contribution is -2.64. The predicted octanol–water partition coefficient (Wildman–Crippen LogP) is 1.18. The highest BCUT2D eigenvalue weighted by atomic mass is 16.7. The standard InChI is InChI=1S/C22H26N4O4/c1-24-14-17(13-23-24)19(27)25-9-11-29-22(15-25)16-26(10-12-30-22)20(28)21(7-8-21)18-5-3-2-4-6-18/h2-6,13-14H,7-12,15-16H2,1H3. The molecule has 1 aliphatic carbocycles. The first-order chi connectivity index (χ1) is 14.5. The number of ether oxygens (including phenoxy) is 2. The van der Waals surface area contributed by atoms with Gasteiger partial charge in [-0.1, -0.05) is 30.3 Å². The van der Waals surface area contributed by atoms with E-state index < -0.39 is 11.2 Å². The highest BCUT2D eigenvalue weighted by Crippen LogP contribution is 2.50. The second-order valence-corrected chi connectivity index (χ2v) is 8.41. The average molecular weight is 410 g/mol. The number of nitrogens with zero attached hydrogens (tertiary/aromatic N) is 4. The maximum absolute atomic E-state index is 13.5. The summed E-state index contributed by atoms with van der Waals surface area (Å²) in [6, 6.07) is 10.0. The SMILES string of the molecule is Cn1cc(C(=O)N2CCOC3(C2)CN(C(=O)C2(c4ccccc4)CC2)CCO3)cn1. The molecule has 5 rings (SSSR count). The first-order valence-corrected chi connectivity index (χ1v) is 10.4. The van der Waals surface area contributed by atoms with Crippen LogP contribution in [0, 0.1) is 0 Å². The van der Waals surface area contributed by atoms with Gasteiger partial charge < -0.3 is 19.3 Å². The number of morpholine rings is 2. The Hall–Kier alpha value is -2.71. The Balaban J connectivity index is 1.32. The summed E-state index contributed by atoms with van der Waals surface area (Å²) in [6.07, 6.45) is 5.01. The van der Waals surface area contributed by atoms with E-state index in [9.17, 15) is 9.59 Å². The molecule has 2 amide bonds. The van der Waals surface area contributed by atoms with Gasteiger partial charge in [-0.3, -0.25) is 14.3 Å². The van der Waals surface area contributed by atoms with Crippen molar-refractivity contribution in [3.63, 3.8) is 0 Å². The molecule has 1 atom stereocenters. The zero-order valence-electron chi connectivity index (χ0n) is 17.1. The van der Waals surface area contributed by atoms with Crippen LogP contribution >= 0.6 is 0 Å². The Labute approximate surface area is 175 Å². The van der Waals surface area contributed by atoms with E-state index in [0.29, 0.717) is 45.0 Å². The summed E-state index contributed by atoms with van der Waals surface area (Å²) >= 11 is 0. The molecule has 1 aromatic heterocycles. The van der Waals surface area contributed by atoms with Crippen molar-refractivity contribution >= 4 is 11.8 Å². The molecule has 1 aromatic carbocycles. The van der Waals surface area contributed by atoms with Crippen LogP contribution in [0.4, 0.5) is 0 Å². The molecule has 1 spiro atoms. The van der Waals surface area contributed by atoms with Gasteiger partial charge in [0.15, 0.2) is 0 Å². The summed E-state index contributed by atoms with van der Waals surface area (Å²) in [6.45, 7) is 2.42. The number of amides is 2. The fourth-order valence-electron chi connectivity index (χ4n) is 4.57. The van der Waals surface area contributed by atoms with Gasteiger partial charge in [0.05, 0.1) is 43.5 Å². The summed E-state index contributed by atoms with van der Waals surface area (Å²) in [5.41, 5.74) is 1.20. The van der Waals surface area contributed by atoms with Crippen LogP contribution in [-0.2, 0) is 26.7 Å². The van der Waals surface area contributed by atoms with Crippen LogP contribution in [0.15, 0.2) is 42.7 Å². The lowest BCUT2D eigenvalue weighted by Gasteiger charge is -2.47. The quantitative estimate of drug-likeness (QED) is 0.760. The summed E-state index contributed by atoms with van der Waals surface area (Å²) in [4.78, 5) is 30.0. The molecule has 2 aromatic rings. The van der Waals surface area contributed by atoms with E-state index >= 15 is 0 Å². The minimum atomic E-state index is -0.975. The molecule has 0 radical (unpaired) electrons. The van der Waals surface area contributed by atoms with Gasteiger partial charge in [0.1, 0.15) is 0 Å². The predicted molar refractivity (Wildman–Crippen MR) is 108 cm³/mol. The molecule has 2 aliphatic heterocycles. The number of aromatic nitrogens is 2. The van der Waals surface area contributed by atoms with Crippen LogP contribution in [0.25, 0.3) is 0 Å². The highest BCUT2D eigenvalue weighted by Gasteiger charge is 2.55. The number of benzene rings is 1. The Morgan fingerprint density at radius 1 is 1.00 bits per heavy atom. The molecule has 158 valence electrons. The van der Waals surface area contributed by atoms with E-state index in [1.807, 2.05) is 35.2 Å². The van der Waals surface area contributed by atoms with Crippen LogP contribution in [-0.4, -0.2) is 76.6 Å². The lowest BCUT2D eigenvalue weighted by molar-refractivity contribution is -0.284. The molecule has 1 saturated carbocycles. The minimum absolute atomic E-state index is 0.0965. The van der Waals surface area contributed by atoms with Crippen molar-refractivity contribution in [1.82, 2.24) is 19.6 Å². The van der Waals surface area contributed by atoms with Gasteiger partial charge in [-0.2, -0.15) is 5.10 Å². The van der Waals surface area contributed by atoms with Crippen molar-refractivity contribution in [1.29, 1.82) is 0 Å². The summed E-state index contributed by atoms with van der Waals surface area (Å²) in [5, 5.41) is 4.09. The molecule has 3 heterocycles. The van der Waals surface area contributed by atoms with E-state index in [0.717, 1.165) is 18.4 Å². The molecule has 0 bridgehead atoms. The molecule has 8 heteroatoms. The Bertz CT molecular complexity index is 951. The van der Waals surface area contributed by atoms with Crippen molar-refractivity contribution in [2.75, 3.05) is 39.4 Å². The fraction of sp³-hybridized carbons (Fsp3) is 0.500. The third-order valence-electron chi connectivity index (χ3n) is 6.33. The van der Waals surface area contributed by atoms with Crippen LogP contribution in [0.1, 0.15) is 28.8 Å². The molecular formula is C22H26N4O4. The second kappa shape index (κ2) is 7.21. The summed E-state index contributed by atoms with van der Waals surface area (Å²) < 4.78 is 13.6. The third kappa shape index (κ3) is 3.30. The monoisotopic (exact) mass is 410 g/mol. The maximum atomic E-state index is 13.5. The number of aryl methyl sites for hydroxylation is 1. The smallest absolute Gasteiger partial charge is 0.257 e. The number of rotatable bonds is 3. The Morgan fingerprint density at radius 3 is 2.30 bits per heavy atom. The van der Waals surface area contributed by atoms with Crippen molar-refractivity contribution in [3.8, 4) is 0 Å². The molecule has 3 aliphatic rings. The Morgan fingerprint density at radius 2 is 1.67 bits per heavy atom. The van der Waals surface area contributed by atoms with Crippen molar-refractivity contribution < 1.29 is 19.1 Å². The summed E-state index contributed by atoms with van der Waals surface area (Å²) in [5.74, 6) is -0.937. The van der Waals surface area contributed by atoms with Crippen LogP contribution in [0.2, 0.25) is 0 Å². The maximum Gasteiger partial charge on any atom is 0.257 e. The molecule has 3 fully saturated rings. The lowest BCUT2D eigenvalue weighted by atomic mass is 9.93. The molecule has 30 heavy (non-hydrogen) atoms. The van der Waals surface area contributed by atoms with Gasteiger partial charge in [0.2, 0.25) is 11.7 Å². The molecule has 8 nitrogen and oxygen atoms in total. The molecular weight excluding hydrogens is 384 g/mol. The van der Waals surface area contributed by atoms with Crippen LogP contribution in [0.3, 0.4) is 0 Å². The highest BCUT2D eigenvalue weighted by molar-refractivity contribution is 5.94. The van der Waals surface area contributed by atoms with Gasteiger partial charge in [0.25, 0.3) is 5.91 Å². The van der Waals surface area contributed by atoms with E-state index in [4.69, 9.17) is 9.47 Å². The normalized spacial score (nSPS) is 25.4. The van der Waals surface area contributed by atoms with Crippen molar-refractivity contribution in [2.24, 2.45) is 7.05 Å². The zero-order chi connectivity index (χ0) is 20.8. The number of carbonyl (C=O) groups is 2. The van der Waals surface area contributed by atoms with Gasteiger partial charge in [-0.25, -0.2) is 0 Å². The number of carbonyl (C=O) groups excluding carboxylic acids is 2. The van der Waals surface area contributed by atoms with E-state index in [1.165, 1.54) is 0 Å². The van der Waals surface area contributed by atoms with Gasteiger partial charge >= 0.3 is 0 Å². The van der Waals surface area contributed by atoms with Crippen LogP contribution in [0.5, 0.6) is 0 Å². The van der Waals surface area contributed by atoms with Gasteiger partial charge in [-0.15, -0.1) is 0 Å². The largest absolute Gasteiger partial charge is 0.345 e. The van der Waals surface area contributed by atoms with Crippen LogP contribution < -0.4 is 0 Å². The van der Waals surface area contributed by atoms with Crippen molar-refractivity contribution in [2.45, 2.75) is 24.0 Å². The summed E-state index contributed by atoms with van der Waals surface area (Å²) in [7, 11) is 1.78. The van der Waals surface area contributed by atoms with E-state index in [-0.39, 0.29) is 11.8 Å². The first-order valence-electron chi connectivity index (χ1n) is 10.4. The minimum Gasteiger partial charge on any atom is -0.345 e. The topological polar surface area (TPSA) is 76.9 Å². The van der Waals surface area contributed by atoms with Gasteiger partial charge in [-0.05, 0) is 18.4 Å². The van der Waals surface area contributed by atoms with Gasteiger partial charge in [0, 0.05) is 26.3 Å². The second-order valence-electron chi connectivity index (χ2n) is 8.41. The average Bonchev–Trinajstić information content (AvgIpc) is 3.48. The molecule has 1 unspecified atom stereocenters. The van der Waals surface area contributed by atoms with E-state index in [1.54, 1.807) is 29.0 Å². The number of hydrogen-bond acceptors (Lipinski definition) is 5. The molecule has 2 saturated heterocycles. The third-order valence-corrected chi connectivity index (χ3v) is 6.33. The van der Waals surface area contributed by atoms with Crippen molar-refractivity contribution in [3.05, 3.63) is 53.9 Å². The molecule has 0 N–H and O–H groups in total. The number of hydrogen-bond donors (Lipinski definition) is 0. The fourth-order valence-corrected chi connectivity index (χ4v) is 4.57.